The van der Waals surface area contributed by atoms with Gasteiger partial charge in [0.15, 0.2) is 5.13 Å². The quantitative estimate of drug-likeness (QED) is 0.907. The van der Waals surface area contributed by atoms with E-state index in [1.54, 1.807) is 11.3 Å². The third kappa shape index (κ3) is 3.32. The van der Waals surface area contributed by atoms with Gasteiger partial charge in [-0.1, -0.05) is 25.3 Å². The second-order valence-corrected chi connectivity index (χ2v) is 6.00. The molecule has 1 N–H and O–H groups in total. The lowest BCUT2D eigenvalue weighted by molar-refractivity contribution is 0.373. The minimum absolute atomic E-state index is 0.830. The van der Waals surface area contributed by atoms with Gasteiger partial charge in [0, 0.05) is 18.1 Å². The Morgan fingerprint density at radius 3 is 2.84 bits per heavy atom. The molecular weight excluding hydrogens is 254 g/mol. The lowest BCUT2D eigenvalue weighted by Crippen LogP contribution is -2.16. The topological polar surface area (TPSA) is 37.8 Å². The van der Waals surface area contributed by atoms with Crippen LogP contribution in [-0.2, 0) is 0 Å². The number of anilines is 1. The minimum atomic E-state index is 0.830. The van der Waals surface area contributed by atoms with Crippen molar-refractivity contribution in [3.05, 3.63) is 29.8 Å². The Bertz CT molecular complexity index is 503. The van der Waals surface area contributed by atoms with E-state index in [1.165, 1.54) is 32.1 Å². The van der Waals surface area contributed by atoms with Crippen LogP contribution in [-0.4, -0.2) is 16.5 Å². The highest BCUT2D eigenvalue weighted by molar-refractivity contribution is 7.14. The van der Waals surface area contributed by atoms with E-state index in [0.29, 0.717) is 0 Å². The average Bonchev–Trinajstić information content (AvgIpc) is 2.96. The third-order valence-corrected chi connectivity index (χ3v) is 4.50. The number of nitrogens with one attached hydrogen (secondary N) is 1. The molecule has 0 amide bonds. The van der Waals surface area contributed by atoms with E-state index in [-0.39, 0.29) is 0 Å². The zero-order valence-corrected chi connectivity index (χ0v) is 11.8. The first-order chi connectivity index (χ1) is 9.42. The van der Waals surface area contributed by atoms with E-state index in [2.05, 4.69) is 20.7 Å². The molecule has 0 spiro atoms. The maximum absolute atomic E-state index is 4.61. The van der Waals surface area contributed by atoms with Crippen molar-refractivity contribution in [2.24, 2.45) is 5.92 Å². The van der Waals surface area contributed by atoms with Crippen LogP contribution in [0.1, 0.15) is 32.1 Å². The van der Waals surface area contributed by atoms with Crippen molar-refractivity contribution in [2.75, 3.05) is 11.9 Å². The smallest absolute Gasteiger partial charge is 0.183 e. The second kappa shape index (κ2) is 6.15. The summed E-state index contributed by atoms with van der Waals surface area (Å²) < 4.78 is 0. The van der Waals surface area contributed by atoms with Crippen LogP contribution in [0, 0.1) is 5.92 Å². The Morgan fingerprint density at radius 2 is 2.05 bits per heavy atom. The summed E-state index contributed by atoms with van der Waals surface area (Å²) in [4.78, 5) is 8.94. The fraction of sp³-hybridized carbons (Fsp3) is 0.467. The van der Waals surface area contributed by atoms with Crippen molar-refractivity contribution in [3.8, 4) is 11.4 Å². The summed E-state index contributed by atoms with van der Waals surface area (Å²) >= 11 is 1.67. The summed E-state index contributed by atoms with van der Waals surface area (Å²) in [5.41, 5.74) is 1.92. The second-order valence-electron chi connectivity index (χ2n) is 5.14. The summed E-state index contributed by atoms with van der Waals surface area (Å²) in [5, 5.41) is 6.58. The zero-order chi connectivity index (χ0) is 12.9. The minimum Gasteiger partial charge on any atom is -0.361 e. The van der Waals surface area contributed by atoms with Crippen molar-refractivity contribution in [1.82, 2.24) is 9.97 Å². The molecule has 3 rings (SSSR count). The van der Waals surface area contributed by atoms with Crippen molar-refractivity contribution >= 4 is 16.5 Å². The van der Waals surface area contributed by atoms with Crippen LogP contribution >= 0.6 is 11.3 Å². The van der Waals surface area contributed by atoms with E-state index < -0.39 is 0 Å². The van der Waals surface area contributed by atoms with Crippen LogP contribution in [0.2, 0.25) is 0 Å². The molecule has 0 saturated heterocycles. The van der Waals surface area contributed by atoms with E-state index in [9.17, 15) is 0 Å². The molecule has 3 nitrogen and oxygen atoms in total. The van der Waals surface area contributed by atoms with Gasteiger partial charge in [0.05, 0.1) is 5.69 Å². The summed E-state index contributed by atoms with van der Waals surface area (Å²) in [6.45, 7) is 1.06. The Hall–Kier alpha value is -1.42. The van der Waals surface area contributed by atoms with Crippen molar-refractivity contribution in [3.63, 3.8) is 0 Å². The van der Waals surface area contributed by atoms with Crippen LogP contribution in [0.25, 0.3) is 11.4 Å². The van der Waals surface area contributed by atoms with Gasteiger partial charge in [-0.25, -0.2) is 4.98 Å². The Labute approximate surface area is 118 Å². The number of hydrogen-bond donors (Lipinski definition) is 1. The Kier molecular flexibility index (Phi) is 4.08. The molecule has 0 unspecified atom stereocenters. The van der Waals surface area contributed by atoms with Gasteiger partial charge >= 0.3 is 0 Å². The molecular formula is C15H19N3S. The molecule has 1 saturated carbocycles. The first kappa shape index (κ1) is 12.6. The van der Waals surface area contributed by atoms with Crippen LogP contribution in [0.3, 0.4) is 0 Å². The molecule has 4 heteroatoms. The standard InChI is InChI=1S/C15H19N3S/c1-2-6-12(7-3-1)10-17-15-18-14(11-19-15)13-8-4-5-9-16-13/h4-5,8-9,11-12H,1-3,6-7,10H2,(H,17,18). The molecule has 1 aliphatic rings. The number of thiazole rings is 1. The molecule has 19 heavy (non-hydrogen) atoms. The number of hydrogen-bond acceptors (Lipinski definition) is 4. The lowest BCUT2D eigenvalue weighted by Gasteiger charge is -2.21. The molecule has 2 aromatic rings. The van der Waals surface area contributed by atoms with Crippen molar-refractivity contribution in [1.29, 1.82) is 0 Å². The maximum Gasteiger partial charge on any atom is 0.183 e. The predicted molar refractivity (Wildman–Crippen MR) is 80.4 cm³/mol. The number of pyridine rings is 1. The third-order valence-electron chi connectivity index (χ3n) is 3.70. The van der Waals surface area contributed by atoms with E-state index in [0.717, 1.165) is 29.0 Å². The van der Waals surface area contributed by atoms with Gasteiger partial charge in [0.25, 0.3) is 0 Å². The maximum atomic E-state index is 4.61. The molecule has 2 aromatic heterocycles. The molecule has 0 aromatic carbocycles. The van der Waals surface area contributed by atoms with Gasteiger partial charge in [0.2, 0.25) is 0 Å². The highest BCUT2D eigenvalue weighted by atomic mass is 32.1. The molecule has 0 atom stereocenters. The Balaban J connectivity index is 1.59. The molecule has 0 radical (unpaired) electrons. The molecule has 1 fully saturated rings. The van der Waals surface area contributed by atoms with Crippen LogP contribution in [0.4, 0.5) is 5.13 Å². The van der Waals surface area contributed by atoms with Gasteiger partial charge < -0.3 is 5.32 Å². The largest absolute Gasteiger partial charge is 0.361 e. The van der Waals surface area contributed by atoms with E-state index in [1.807, 2.05) is 24.4 Å². The predicted octanol–water partition coefficient (Wildman–Crippen LogP) is 4.20. The highest BCUT2D eigenvalue weighted by Crippen LogP contribution is 2.26. The van der Waals surface area contributed by atoms with Gasteiger partial charge in [0.1, 0.15) is 5.69 Å². The first-order valence-corrected chi connectivity index (χ1v) is 7.90. The van der Waals surface area contributed by atoms with Crippen LogP contribution < -0.4 is 5.32 Å². The lowest BCUT2D eigenvalue weighted by atomic mass is 9.89. The van der Waals surface area contributed by atoms with Crippen LogP contribution in [0.5, 0.6) is 0 Å². The monoisotopic (exact) mass is 273 g/mol. The summed E-state index contributed by atoms with van der Waals surface area (Å²) in [7, 11) is 0. The summed E-state index contributed by atoms with van der Waals surface area (Å²) in [5.74, 6) is 0.830. The number of aromatic nitrogens is 2. The van der Waals surface area contributed by atoms with Gasteiger partial charge in [-0.05, 0) is 30.9 Å². The fourth-order valence-corrected chi connectivity index (χ4v) is 3.32. The summed E-state index contributed by atoms with van der Waals surface area (Å²) in [6.07, 6.45) is 8.74. The Morgan fingerprint density at radius 1 is 1.16 bits per heavy atom. The first-order valence-electron chi connectivity index (χ1n) is 7.02. The molecule has 0 bridgehead atoms. The molecule has 100 valence electrons. The number of nitrogens with zero attached hydrogens (tertiary/aromatic N) is 2. The average molecular weight is 273 g/mol. The molecule has 2 heterocycles. The van der Waals surface area contributed by atoms with Crippen LogP contribution in [0.15, 0.2) is 29.8 Å². The van der Waals surface area contributed by atoms with E-state index >= 15 is 0 Å². The zero-order valence-electron chi connectivity index (χ0n) is 11.0. The summed E-state index contributed by atoms with van der Waals surface area (Å²) in [6, 6.07) is 5.93. The van der Waals surface area contributed by atoms with Gasteiger partial charge in [-0.15, -0.1) is 11.3 Å². The fourth-order valence-electron chi connectivity index (χ4n) is 2.61. The molecule has 1 aliphatic carbocycles. The highest BCUT2D eigenvalue weighted by Gasteiger charge is 2.13. The normalized spacial score (nSPS) is 16.4. The molecule has 0 aliphatic heterocycles. The van der Waals surface area contributed by atoms with E-state index in [4.69, 9.17) is 0 Å². The number of rotatable bonds is 4. The van der Waals surface area contributed by atoms with Crippen molar-refractivity contribution in [2.45, 2.75) is 32.1 Å². The van der Waals surface area contributed by atoms with Crippen molar-refractivity contribution < 1.29 is 0 Å². The van der Waals surface area contributed by atoms with Gasteiger partial charge in [-0.3, -0.25) is 4.98 Å². The SMILES string of the molecule is c1ccc(-c2csc(NCC3CCCCC3)n2)nc1. The van der Waals surface area contributed by atoms with Gasteiger partial charge in [-0.2, -0.15) is 0 Å².